The summed E-state index contributed by atoms with van der Waals surface area (Å²) >= 11 is 1.22. The topological polar surface area (TPSA) is 101 Å². The van der Waals surface area contributed by atoms with E-state index in [-0.39, 0.29) is 16.8 Å². The number of thioether (sulfide) groups is 1. The first-order valence-corrected chi connectivity index (χ1v) is 11.1. The zero-order valence-electron chi connectivity index (χ0n) is 15.7. The molecule has 0 saturated heterocycles. The summed E-state index contributed by atoms with van der Waals surface area (Å²) in [4.78, 5) is 16.9. The molecule has 1 heterocycles. The molecule has 148 valence electrons. The Kier molecular flexibility index (Phi) is 6.07. The standard InChI is InChI=1S/C19H21N3O4S2/c1-12(2)22-28(24,25)15-10-8-14(9-11-15)20-18(23)13(3)27-19-21-16-6-4-5-7-17(16)26-19/h4-13,22H,1-3H3,(H,20,23)/t13-/m0/s1. The van der Waals surface area contributed by atoms with E-state index < -0.39 is 15.3 Å². The predicted octanol–water partition coefficient (Wildman–Crippen LogP) is 3.63. The van der Waals surface area contributed by atoms with E-state index in [0.29, 0.717) is 16.5 Å². The summed E-state index contributed by atoms with van der Waals surface area (Å²) in [7, 11) is -3.56. The number of rotatable bonds is 7. The molecule has 28 heavy (non-hydrogen) atoms. The number of amides is 1. The minimum absolute atomic E-state index is 0.146. The van der Waals surface area contributed by atoms with E-state index in [1.807, 2.05) is 24.3 Å². The zero-order valence-corrected chi connectivity index (χ0v) is 17.3. The molecule has 0 spiro atoms. The third kappa shape index (κ3) is 4.92. The van der Waals surface area contributed by atoms with Crippen molar-refractivity contribution in [3.8, 4) is 0 Å². The van der Waals surface area contributed by atoms with Crippen LogP contribution in [0.15, 0.2) is 63.1 Å². The molecule has 2 N–H and O–H groups in total. The molecule has 1 aromatic heterocycles. The third-order valence-corrected chi connectivity index (χ3v) is 6.36. The molecule has 0 aliphatic rings. The molecule has 0 saturated carbocycles. The van der Waals surface area contributed by atoms with Crippen LogP contribution in [0, 0.1) is 0 Å². The van der Waals surface area contributed by atoms with Gasteiger partial charge in [0.15, 0.2) is 5.58 Å². The lowest BCUT2D eigenvalue weighted by molar-refractivity contribution is -0.115. The molecule has 0 bridgehead atoms. The highest BCUT2D eigenvalue weighted by Gasteiger charge is 2.19. The first-order valence-electron chi connectivity index (χ1n) is 8.70. The lowest BCUT2D eigenvalue weighted by Gasteiger charge is -2.12. The molecule has 3 aromatic rings. The average Bonchev–Trinajstić information content (AvgIpc) is 3.03. The van der Waals surface area contributed by atoms with Crippen molar-refractivity contribution < 1.29 is 17.6 Å². The van der Waals surface area contributed by atoms with Crippen LogP contribution in [0.4, 0.5) is 5.69 Å². The molecular weight excluding hydrogens is 398 g/mol. The van der Waals surface area contributed by atoms with Crippen LogP contribution in [0.3, 0.4) is 0 Å². The summed E-state index contributed by atoms with van der Waals surface area (Å²) in [6, 6.07) is 13.2. The molecule has 9 heteroatoms. The summed E-state index contributed by atoms with van der Waals surface area (Å²) in [6.07, 6.45) is 0. The van der Waals surface area contributed by atoms with Crippen molar-refractivity contribution >= 4 is 44.5 Å². The Hall–Kier alpha value is -2.36. The quantitative estimate of drug-likeness (QED) is 0.567. The number of oxazole rings is 1. The van der Waals surface area contributed by atoms with Crippen LogP contribution in [-0.4, -0.2) is 30.6 Å². The SMILES string of the molecule is CC(C)NS(=O)(=O)c1ccc(NC(=O)[C@H](C)Sc2nc3ccccc3o2)cc1. The van der Waals surface area contributed by atoms with E-state index in [4.69, 9.17) is 4.42 Å². The van der Waals surface area contributed by atoms with Crippen molar-refractivity contribution in [2.45, 2.75) is 42.2 Å². The highest BCUT2D eigenvalue weighted by Crippen LogP contribution is 2.27. The van der Waals surface area contributed by atoms with Gasteiger partial charge in [0.05, 0.1) is 10.1 Å². The normalized spacial score (nSPS) is 13.0. The number of hydrogen-bond acceptors (Lipinski definition) is 6. The van der Waals surface area contributed by atoms with Gasteiger partial charge in [-0.3, -0.25) is 4.79 Å². The van der Waals surface area contributed by atoms with E-state index >= 15 is 0 Å². The minimum atomic E-state index is -3.56. The van der Waals surface area contributed by atoms with Crippen molar-refractivity contribution in [3.63, 3.8) is 0 Å². The predicted molar refractivity (Wildman–Crippen MR) is 110 cm³/mol. The Morgan fingerprint density at radius 1 is 1.07 bits per heavy atom. The number of fused-ring (bicyclic) bond motifs is 1. The summed E-state index contributed by atoms with van der Waals surface area (Å²) in [5.41, 5.74) is 1.92. The van der Waals surface area contributed by atoms with E-state index in [1.54, 1.807) is 32.9 Å². The Morgan fingerprint density at radius 2 is 1.75 bits per heavy atom. The Morgan fingerprint density at radius 3 is 2.39 bits per heavy atom. The summed E-state index contributed by atoms with van der Waals surface area (Å²) in [5, 5.41) is 2.75. The number of carbonyl (C=O) groups is 1. The summed E-state index contributed by atoms with van der Waals surface area (Å²) < 4.78 is 32.4. The Labute approximate surface area is 168 Å². The van der Waals surface area contributed by atoms with Gasteiger partial charge >= 0.3 is 0 Å². The molecule has 0 fully saturated rings. The molecule has 1 amide bonds. The summed E-state index contributed by atoms with van der Waals surface area (Å²) in [5.74, 6) is -0.233. The molecule has 0 aliphatic heterocycles. The van der Waals surface area contributed by atoms with Crippen LogP contribution in [0.25, 0.3) is 11.1 Å². The molecule has 0 radical (unpaired) electrons. The lowest BCUT2D eigenvalue weighted by atomic mass is 10.3. The van der Waals surface area contributed by atoms with Crippen molar-refractivity contribution in [2.75, 3.05) is 5.32 Å². The van der Waals surface area contributed by atoms with Crippen molar-refractivity contribution in [2.24, 2.45) is 0 Å². The van der Waals surface area contributed by atoms with E-state index in [0.717, 1.165) is 5.52 Å². The second-order valence-corrected chi connectivity index (χ2v) is 9.50. The van der Waals surface area contributed by atoms with Crippen LogP contribution in [0.1, 0.15) is 20.8 Å². The van der Waals surface area contributed by atoms with Crippen LogP contribution >= 0.6 is 11.8 Å². The van der Waals surface area contributed by atoms with Gasteiger partial charge in [-0.2, -0.15) is 0 Å². The van der Waals surface area contributed by atoms with Gasteiger partial charge in [-0.25, -0.2) is 18.1 Å². The highest BCUT2D eigenvalue weighted by atomic mass is 32.2. The number of hydrogen-bond donors (Lipinski definition) is 2. The fourth-order valence-corrected chi connectivity index (χ4v) is 4.45. The second kappa shape index (κ2) is 8.34. The Balaban J connectivity index is 1.63. The van der Waals surface area contributed by atoms with Crippen molar-refractivity contribution in [1.29, 1.82) is 0 Å². The maximum Gasteiger partial charge on any atom is 0.257 e. The molecule has 3 rings (SSSR count). The van der Waals surface area contributed by atoms with Crippen LogP contribution in [0.2, 0.25) is 0 Å². The van der Waals surface area contributed by atoms with Crippen molar-refractivity contribution in [1.82, 2.24) is 9.71 Å². The molecule has 2 aromatic carbocycles. The minimum Gasteiger partial charge on any atom is -0.431 e. The second-order valence-electron chi connectivity index (χ2n) is 6.50. The van der Waals surface area contributed by atoms with E-state index in [9.17, 15) is 13.2 Å². The van der Waals surface area contributed by atoms with Gasteiger partial charge < -0.3 is 9.73 Å². The van der Waals surface area contributed by atoms with Gasteiger partial charge in [0, 0.05) is 11.7 Å². The van der Waals surface area contributed by atoms with Gasteiger partial charge in [-0.15, -0.1) is 0 Å². The number of aromatic nitrogens is 1. The number of nitrogens with zero attached hydrogens (tertiary/aromatic N) is 1. The third-order valence-electron chi connectivity index (χ3n) is 3.74. The molecule has 0 aliphatic carbocycles. The van der Waals surface area contributed by atoms with Crippen LogP contribution in [0.5, 0.6) is 0 Å². The van der Waals surface area contributed by atoms with Crippen molar-refractivity contribution in [3.05, 3.63) is 48.5 Å². The average molecular weight is 420 g/mol. The molecule has 1 atom stereocenters. The maximum absolute atomic E-state index is 12.4. The smallest absolute Gasteiger partial charge is 0.257 e. The monoisotopic (exact) mass is 419 g/mol. The fraction of sp³-hybridized carbons (Fsp3) is 0.263. The summed E-state index contributed by atoms with van der Waals surface area (Å²) in [6.45, 7) is 5.25. The van der Waals surface area contributed by atoms with Gasteiger partial charge in [0.1, 0.15) is 5.52 Å². The first kappa shape index (κ1) is 20.4. The number of anilines is 1. The largest absolute Gasteiger partial charge is 0.431 e. The van der Waals surface area contributed by atoms with E-state index in [1.165, 1.54) is 23.9 Å². The van der Waals surface area contributed by atoms with Gasteiger partial charge in [0.25, 0.3) is 5.22 Å². The molecular formula is C19H21N3O4S2. The number of benzene rings is 2. The van der Waals surface area contributed by atoms with Gasteiger partial charge in [-0.1, -0.05) is 23.9 Å². The van der Waals surface area contributed by atoms with Gasteiger partial charge in [-0.05, 0) is 57.2 Å². The van der Waals surface area contributed by atoms with E-state index in [2.05, 4.69) is 15.0 Å². The number of nitrogens with one attached hydrogen (secondary N) is 2. The van der Waals surface area contributed by atoms with Gasteiger partial charge in [0.2, 0.25) is 15.9 Å². The highest BCUT2D eigenvalue weighted by molar-refractivity contribution is 8.00. The van der Waals surface area contributed by atoms with Crippen LogP contribution < -0.4 is 10.0 Å². The molecule has 7 nitrogen and oxygen atoms in total. The number of para-hydroxylation sites is 2. The first-order chi connectivity index (χ1) is 13.2. The molecule has 0 unspecified atom stereocenters. The number of carbonyl (C=O) groups excluding carboxylic acids is 1. The lowest BCUT2D eigenvalue weighted by Crippen LogP contribution is -2.30. The van der Waals surface area contributed by atoms with Crippen LogP contribution in [-0.2, 0) is 14.8 Å². The fourth-order valence-electron chi connectivity index (χ4n) is 2.45. The zero-order chi connectivity index (χ0) is 20.3. The Bertz CT molecular complexity index is 1040. The maximum atomic E-state index is 12.4. The number of sulfonamides is 1.